The quantitative estimate of drug-likeness (QED) is 0.657. The second-order valence-electron chi connectivity index (χ2n) is 6.59. The molecule has 0 unspecified atom stereocenters. The smallest absolute Gasteiger partial charge is 0.127 e. The molecule has 25 heavy (non-hydrogen) atoms. The molecule has 7 heteroatoms. The van der Waals surface area contributed by atoms with E-state index in [1.807, 2.05) is 6.07 Å². The van der Waals surface area contributed by atoms with Crippen LogP contribution in [-0.4, -0.2) is 34.3 Å². The Bertz CT molecular complexity index is 716. The monoisotopic (exact) mass is 472 g/mol. The van der Waals surface area contributed by atoms with Gasteiger partial charge in [0.25, 0.3) is 0 Å². The second kappa shape index (κ2) is 8.18. The van der Waals surface area contributed by atoms with Gasteiger partial charge in [0.1, 0.15) is 11.6 Å². The Morgan fingerprint density at radius 3 is 2.44 bits per heavy atom. The summed E-state index contributed by atoms with van der Waals surface area (Å²) in [5, 5.41) is 4.73. The first-order chi connectivity index (χ1) is 12.0. The number of nitrogens with two attached hydrogens (primary N) is 1. The Kier molecular flexibility index (Phi) is 6.17. The first-order valence-electron chi connectivity index (χ1n) is 8.72. The lowest BCUT2D eigenvalue weighted by molar-refractivity contribution is 0.208. The normalized spacial score (nSPS) is 16.5. The Hall–Kier alpha value is -0.920. The molecule has 136 valence electrons. The largest absolute Gasteiger partial charge is 0.384 e. The lowest BCUT2D eigenvalue weighted by atomic mass is 9.93. The number of anilines is 1. The fourth-order valence-corrected chi connectivity index (χ4v) is 4.83. The first-order valence-corrected chi connectivity index (χ1v) is 10.3. The SMILES string of the molecule is CCCCN1CCC(c2cc(N)n(-c3c(Br)cc(F)cc3Br)n2)CC1. The van der Waals surface area contributed by atoms with Gasteiger partial charge in [0.2, 0.25) is 0 Å². The van der Waals surface area contributed by atoms with E-state index in [1.165, 1.54) is 31.5 Å². The maximum atomic E-state index is 13.5. The molecule has 1 aromatic carbocycles. The molecular formula is C18H23Br2FN4. The van der Waals surface area contributed by atoms with Crippen molar-refractivity contribution >= 4 is 37.7 Å². The zero-order chi connectivity index (χ0) is 18.0. The predicted octanol–water partition coefficient (Wildman–Crippen LogP) is 5.10. The third-order valence-electron chi connectivity index (χ3n) is 4.78. The van der Waals surface area contributed by atoms with Gasteiger partial charge in [0, 0.05) is 20.9 Å². The summed E-state index contributed by atoms with van der Waals surface area (Å²) in [4.78, 5) is 2.54. The number of unbranched alkanes of at least 4 members (excludes halogenated alkanes) is 1. The van der Waals surface area contributed by atoms with Crippen LogP contribution in [0.5, 0.6) is 0 Å². The number of rotatable bonds is 5. The minimum absolute atomic E-state index is 0.312. The number of nitrogen functional groups attached to an aromatic ring is 1. The zero-order valence-electron chi connectivity index (χ0n) is 14.3. The van der Waals surface area contributed by atoms with E-state index in [-0.39, 0.29) is 5.82 Å². The molecule has 2 aromatic rings. The molecule has 1 aliphatic heterocycles. The van der Waals surface area contributed by atoms with E-state index in [0.717, 1.165) is 37.3 Å². The van der Waals surface area contributed by atoms with Crippen molar-refractivity contribution in [2.24, 2.45) is 0 Å². The van der Waals surface area contributed by atoms with E-state index in [4.69, 9.17) is 10.8 Å². The van der Waals surface area contributed by atoms with Crippen molar-refractivity contribution in [3.63, 3.8) is 0 Å². The average molecular weight is 474 g/mol. The molecule has 2 heterocycles. The maximum Gasteiger partial charge on any atom is 0.127 e. The summed E-state index contributed by atoms with van der Waals surface area (Å²) < 4.78 is 16.4. The van der Waals surface area contributed by atoms with Crippen LogP contribution in [0.25, 0.3) is 5.69 Å². The maximum absolute atomic E-state index is 13.5. The van der Waals surface area contributed by atoms with Crippen LogP contribution in [0, 0.1) is 5.82 Å². The van der Waals surface area contributed by atoms with Gasteiger partial charge in [0.05, 0.1) is 11.4 Å². The molecule has 1 aliphatic rings. The Labute approximate surface area is 164 Å². The molecule has 0 spiro atoms. The summed E-state index contributed by atoms with van der Waals surface area (Å²) in [6.45, 7) is 5.64. The molecule has 0 amide bonds. The van der Waals surface area contributed by atoms with Crippen molar-refractivity contribution in [2.45, 2.75) is 38.5 Å². The summed E-state index contributed by atoms with van der Waals surface area (Å²) in [7, 11) is 0. The number of likely N-dealkylation sites (tertiary alicyclic amines) is 1. The van der Waals surface area contributed by atoms with E-state index >= 15 is 0 Å². The fraction of sp³-hybridized carbons (Fsp3) is 0.500. The van der Waals surface area contributed by atoms with Gasteiger partial charge in [-0.05, 0) is 82.9 Å². The van der Waals surface area contributed by atoms with Crippen LogP contribution in [0.1, 0.15) is 44.2 Å². The van der Waals surface area contributed by atoms with E-state index in [9.17, 15) is 4.39 Å². The minimum atomic E-state index is -0.312. The van der Waals surface area contributed by atoms with Crippen molar-refractivity contribution in [3.05, 3.63) is 38.7 Å². The van der Waals surface area contributed by atoms with Crippen LogP contribution in [0.3, 0.4) is 0 Å². The molecule has 1 aromatic heterocycles. The molecule has 0 bridgehead atoms. The van der Waals surface area contributed by atoms with Crippen molar-refractivity contribution in [2.75, 3.05) is 25.4 Å². The van der Waals surface area contributed by atoms with Crippen LogP contribution in [0.4, 0.5) is 10.2 Å². The van der Waals surface area contributed by atoms with Gasteiger partial charge in [-0.3, -0.25) is 0 Å². The van der Waals surface area contributed by atoms with E-state index in [0.29, 0.717) is 20.7 Å². The Morgan fingerprint density at radius 1 is 1.20 bits per heavy atom. The number of hydrogen-bond donors (Lipinski definition) is 1. The third-order valence-corrected chi connectivity index (χ3v) is 5.99. The molecule has 0 radical (unpaired) electrons. The highest BCUT2D eigenvalue weighted by Gasteiger charge is 2.24. The minimum Gasteiger partial charge on any atom is -0.384 e. The Morgan fingerprint density at radius 2 is 1.84 bits per heavy atom. The number of piperidine rings is 1. The van der Waals surface area contributed by atoms with Crippen molar-refractivity contribution in [1.82, 2.24) is 14.7 Å². The van der Waals surface area contributed by atoms with Gasteiger partial charge in [-0.25, -0.2) is 9.07 Å². The molecule has 2 N–H and O–H groups in total. The average Bonchev–Trinajstić information content (AvgIpc) is 2.94. The number of hydrogen-bond acceptors (Lipinski definition) is 3. The highest BCUT2D eigenvalue weighted by Crippen LogP contribution is 2.34. The highest BCUT2D eigenvalue weighted by molar-refractivity contribution is 9.11. The van der Waals surface area contributed by atoms with E-state index in [2.05, 4.69) is 43.7 Å². The summed E-state index contributed by atoms with van der Waals surface area (Å²) in [6.07, 6.45) is 4.71. The van der Waals surface area contributed by atoms with Crippen LogP contribution < -0.4 is 5.73 Å². The zero-order valence-corrected chi connectivity index (χ0v) is 17.5. The summed E-state index contributed by atoms with van der Waals surface area (Å²) in [6, 6.07) is 4.80. The van der Waals surface area contributed by atoms with Crippen molar-refractivity contribution in [1.29, 1.82) is 0 Å². The topological polar surface area (TPSA) is 47.1 Å². The van der Waals surface area contributed by atoms with Gasteiger partial charge in [-0.15, -0.1) is 0 Å². The molecule has 3 rings (SSSR count). The summed E-state index contributed by atoms with van der Waals surface area (Å²) in [5.74, 6) is 0.684. The van der Waals surface area contributed by atoms with E-state index < -0.39 is 0 Å². The fourth-order valence-electron chi connectivity index (χ4n) is 3.36. The van der Waals surface area contributed by atoms with Gasteiger partial charge >= 0.3 is 0 Å². The van der Waals surface area contributed by atoms with Crippen LogP contribution in [-0.2, 0) is 0 Å². The lowest BCUT2D eigenvalue weighted by Crippen LogP contribution is -2.33. The number of nitrogens with zero attached hydrogens (tertiary/aromatic N) is 3. The number of halogens is 3. The van der Waals surface area contributed by atoms with Crippen LogP contribution >= 0.6 is 31.9 Å². The third kappa shape index (κ3) is 4.26. The van der Waals surface area contributed by atoms with Gasteiger partial charge in [-0.2, -0.15) is 5.10 Å². The second-order valence-corrected chi connectivity index (χ2v) is 8.30. The Balaban J connectivity index is 1.78. The van der Waals surface area contributed by atoms with Gasteiger partial charge in [-0.1, -0.05) is 13.3 Å². The number of aromatic nitrogens is 2. The molecule has 0 atom stereocenters. The molecule has 1 saturated heterocycles. The summed E-state index contributed by atoms with van der Waals surface area (Å²) >= 11 is 6.83. The van der Waals surface area contributed by atoms with Crippen LogP contribution in [0.15, 0.2) is 27.1 Å². The van der Waals surface area contributed by atoms with Gasteiger partial charge < -0.3 is 10.6 Å². The first kappa shape index (κ1) is 18.9. The standard InChI is InChI=1S/C18H23Br2FN4/c1-2-3-6-24-7-4-12(5-8-24)16-11-17(22)25(23-16)18-14(19)9-13(21)10-15(18)20/h9-12H,2-8,22H2,1H3. The highest BCUT2D eigenvalue weighted by atomic mass is 79.9. The van der Waals surface area contributed by atoms with E-state index in [1.54, 1.807) is 4.68 Å². The molecule has 0 aliphatic carbocycles. The molecule has 4 nitrogen and oxygen atoms in total. The predicted molar refractivity (Wildman–Crippen MR) is 107 cm³/mol. The van der Waals surface area contributed by atoms with Crippen molar-refractivity contribution < 1.29 is 4.39 Å². The summed E-state index contributed by atoms with van der Waals surface area (Å²) in [5.41, 5.74) is 7.95. The molecule has 0 saturated carbocycles. The molecular weight excluding hydrogens is 451 g/mol. The van der Waals surface area contributed by atoms with Gasteiger partial charge in [0.15, 0.2) is 0 Å². The molecule has 1 fully saturated rings. The van der Waals surface area contributed by atoms with Crippen molar-refractivity contribution in [3.8, 4) is 5.69 Å². The van der Waals surface area contributed by atoms with Crippen LogP contribution in [0.2, 0.25) is 0 Å². The number of benzene rings is 1. The lowest BCUT2D eigenvalue weighted by Gasteiger charge is -2.31.